The number of rotatable bonds is 6. The smallest absolute Gasteiger partial charge is 0.269 e. The first-order chi connectivity index (χ1) is 19.6. The number of hydrogen-bond donors (Lipinski definition) is 0. The minimum Gasteiger partial charge on any atom is -0.354 e. The molecule has 1 saturated heterocycles. The van der Waals surface area contributed by atoms with Gasteiger partial charge in [0.2, 0.25) is 0 Å². The van der Waals surface area contributed by atoms with Crippen molar-refractivity contribution in [2.24, 2.45) is 0 Å². The van der Waals surface area contributed by atoms with E-state index >= 15 is 0 Å². The third kappa shape index (κ3) is 5.11. The number of amides is 1. The Morgan fingerprint density at radius 3 is 2.33 bits per heavy atom. The largest absolute Gasteiger partial charge is 0.354 e. The average molecular weight is 535 g/mol. The molecule has 3 heterocycles. The summed E-state index contributed by atoms with van der Waals surface area (Å²) in [6.45, 7) is 2.27. The topological polar surface area (TPSA) is 118 Å². The third-order valence-electron chi connectivity index (χ3n) is 7.02. The van der Waals surface area contributed by atoms with E-state index < -0.39 is 4.92 Å². The zero-order valence-electron chi connectivity index (χ0n) is 21.6. The molecule has 5 aromatic rings. The van der Waals surface area contributed by atoms with Crippen LogP contribution in [0.2, 0.25) is 0 Å². The number of nitro groups is 1. The number of carbonyl (C=O) groups excluding carboxylic acids is 1. The van der Waals surface area contributed by atoms with Gasteiger partial charge in [-0.1, -0.05) is 65.8 Å². The van der Waals surface area contributed by atoms with Gasteiger partial charge in [-0.3, -0.25) is 14.9 Å². The van der Waals surface area contributed by atoms with Crippen molar-refractivity contribution in [2.45, 2.75) is 12.8 Å². The second kappa shape index (κ2) is 10.9. The number of aromatic nitrogens is 3. The Hall–Kier alpha value is -5.12. The predicted molar refractivity (Wildman–Crippen MR) is 150 cm³/mol. The molecule has 0 unspecified atom stereocenters. The molecule has 0 aliphatic carbocycles. The molecule has 2 aromatic heterocycles. The summed E-state index contributed by atoms with van der Waals surface area (Å²) >= 11 is 0. The number of hydrogen-bond acceptors (Lipinski definition) is 8. The van der Waals surface area contributed by atoms with Crippen molar-refractivity contribution < 1.29 is 14.2 Å². The zero-order chi connectivity index (χ0) is 27.5. The van der Waals surface area contributed by atoms with Gasteiger partial charge in [-0.25, -0.2) is 4.98 Å². The van der Waals surface area contributed by atoms with E-state index in [1.54, 1.807) is 4.90 Å². The quantitative estimate of drug-likeness (QED) is 0.217. The summed E-state index contributed by atoms with van der Waals surface area (Å²) in [6.07, 6.45) is 1.27. The molecule has 1 amide bonds. The van der Waals surface area contributed by atoms with Crippen LogP contribution in [0.25, 0.3) is 22.4 Å². The zero-order valence-corrected chi connectivity index (χ0v) is 21.6. The first kappa shape index (κ1) is 25.2. The number of nitrogens with zero attached hydrogens (tertiary/aromatic N) is 6. The van der Waals surface area contributed by atoms with Crippen molar-refractivity contribution in [3.63, 3.8) is 0 Å². The Labute approximate surface area is 230 Å². The van der Waals surface area contributed by atoms with E-state index in [2.05, 4.69) is 10.1 Å². The van der Waals surface area contributed by atoms with E-state index in [1.807, 2.05) is 60.7 Å². The second-order valence-electron chi connectivity index (χ2n) is 9.64. The number of nitro benzene ring substituents is 1. The SMILES string of the molecule is O=C(c1ccc([N+](=O)[O-])cc1)N1CCCN(c2nc(Cc3ccccc3)nc3onc(-c4ccccc4)c23)CC1. The van der Waals surface area contributed by atoms with E-state index in [0.717, 1.165) is 28.8 Å². The van der Waals surface area contributed by atoms with Gasteiger partial charge >= 0.3 is 0 Å². The Balaban J connectivity index is 1.32. The first-order valence-electron chi connectivity index (χ1n) is 13.1. The van der Waals surface area contributed by atoms with Gasteiger partial charge in [0, 0.05) is 55.9 Å². The normalized spacial score (nSPS) is 13.8. The Morgan fingerprint density at radius 1 is 0.875 bits per heavy atom. The molecule has 3 aromatic carbocycles. The lowest BCUT2D eigenvalue weighted by Crippen LogP contribution is -2.35. The molecule has 1 fully saturated rings. The van der Waals surface area contributed by atoms with Gasteiger partial charge in [-0.2, -0.15) is 4.98 Å². The Morgan fingerprint density at radius 2 is 1.60 bits per heavy atom. The van der Waals surface area contributed by atoms with Crippen LogP contribution in [0.5, 0.6) is 0 Å². The minimum atomic E-state index is -0.471. The molecule has 0 saturated carbocycles. The van der Waals surface area contributed by atoms with E-state index in [9.17, 15) is 14.9 Å². The number of benzene rings is 3. The molecule has 0 bridgehead atoms. The van der Waals surface area contributed by atoms with E-state index in [1.165, 1.54) is 24.3 Å². The third-order valence-corrected chi connectivity index (χ3v) is 7.02. The van der Waals surface area contributed by atoms with Crippen molar-refractivity contribution >= 4 is 28.5 Å². The highest BCUT2D eigenvalue weighted by molar-refractivity contribution is 5.98. The van der Waals surface area contributed by atoms with Gasteiger partial charge < -0.3 is 14.3 Å². The molecular formula is C30H26N6O4. The molecule has 10 nitrogen and oxygen atoms in total. The van der Waals surface area contributed by atoms with E-state index in [0.29, 0.717) is 55.4 Å². The van der Waals surface area contributed by atoms with Crippen LogP contribution in [0, 0.1) is 10.1 Å². The second-order valence-corrected chi connectivity index (χ2v) is 9.64. The van der Waals surface area contributed by atoms with E-state index in [-0.39, 0.29) is 11.6 Å². The predicted octanol–water partition coefficient (Wildman–Crippen LogP) is 5.14. The maximum absolute atomic E-state index is 13.2. The standard InChI is InChI=1S/C30H26N6O4/c37-30(23-12-14-24(15-13-23)36(38)39)35-17-7-16-34(18-19-35)28-26-27(22-10-5-2-6-11-22)33-40-29(26)32-25(31-28)20-21-8-3-1-4-9-21/h1-6,8-15H,7,16-20H2. The molecule has 6 rings (SSSR count). The minimum absolute atomic E-state index is 0.0411. The van der Waals surface area contributed by atoms with Crippen LogP contribution in [0.15, 0.2) is 89.5 Å². The summed E-state index contributed by atoms with van der Waals surface area (Å²) in [6, 6.07) is 25.6. The molecule has 0 spiro atoms. The van der Waals surface area contributed by atoms with Crippen LogP contribution in [0.3, 0.4) is 0 Å². The van der Waals surface area contributed by atoms with Gasteiger partial charge in [0.05, 0.1) is 4.92 Å². The van der Waals surface area contributed by atoms with Crippen molar-refractivity contribution in [1.82, 2.24) is 20.0 Å². The molecule has 0 N–H and O–H groups in total. The summed E-state index contributed by atoms with van der Waals surface area (Å²) in [5, 5.41) is 16.1. The lowest BCUT2D eigenvalue weighted by atomic mass is 10.1. The molecular weight excluding hydrogens is 508 g/mol. The lowest BCUT2D eigenvalue weighted by Gasteiger charge is -2.24. The van der Waals surface area contributed by atoms with Gasteiger partial charge in [0.25, 0.3) is 17.3 Å². The highest BCUT2D eigenvalue weighted by atomic mass is 16.6. The Bertz CT molecular complexity index is 1660. The number of non-ortho nitro benzene ring substituents is 1. The fourth-order valence-electron chi connectivity index (χ4n) is 5.00. The van der Waals surface area contributed by atoms with E-state index in [4.69, 9.17) is 14.5 Å². The summed E-state index contributed by atoms with van der Waals surface area (Å²) in [4.78, 5) is 37.5. The van der Waals surface area contributed by atoms with Gasteiger partial charge in [-0.05, 0) is 24.1 Å². The van der Waals surface area contributed by atoms with Crippen LogP contribution in [-0.4, -0.2) is 57.0 Å². The summed E-state index contributed by atoms with van der Waals surface area (Å²) in [5.74, 6) is 1.22. The molecule has 40 heavy (non-hydrogen) atoms. The van der Waals surface area contributed by atoms with Crippen molar-refractivity contribution in [3.8, 4) is 11.3 Å². The number of carbonyl (C=O) groups is 1. The summed E-state index contributed by atoms with van der Waals surface area (Å²) in [7, 11) is 0. The maximum atomic E-state index is 13.2. The maximum Gasteiger partial charge on any atom is 0.269 e. The first-order valence-corrected chi connectivity index (χ1v) is 13.1. The average Bonchev–Trinajstić information content (AvgIpc) is 3.26. The fraction of sp³-hybridized carbons (Fsp3) is 0.200. The van der Waals surface area contributed by atoms with Crippen LogP contribution in [0.4, 0.5) is 11.5 Å². The van der Waals surface area contributed by atoms with Crippen LogP contribution in [-0.2, 0) is 6.42 Å². The molecule has 1 aliphatic rings. The lowest BCUT2D eigenvalue weighted by molar-refractivity contribution is -0.384. The molecule has 1 aliphatic heterocycles. The highest BCUT2D eigenvalue weighted by Crippen LogP contribution is 2.34. The Kier molecular flexibility index (Phi) is 6.88. The van der Waals surface area contributed by atoms with Crippen LogP contribution < -0.4 is 4.90 Å². The highest BCUT2D eigenvalue weighted by Gasteiger charge is 2.26. The molecule has 0 radical (unpaired) electrons. The van der Waals surface area contributed by atoms with Crippen LogP contribution in [0.1, 0.15) is 28.2 Å². The monoisotopic (exact) mass is 534 g/mol. The van der Waals surface area contributed by atoms with Crippen molar-refractivity contribution in [3.05, 3.63) is 112 Å². The molecule has 200 valence electrons. The van der Waals surface area contributed by atoms with Crippen molar-refractivity contribution in [1.29, 1.82) is 0 Å². The number of fused-ring (bicyclic) bond motifs is 1. The molecule has 10 heteroatoms. The van der Waals surface area contributed by atoms with Gasteiger partial charge in [-0.15, -0.1) is 0 Å². The molecule has 0 atom stereocenters. The van der Waals surface area contributed by atoms with Crippen molar-refractivity contribution in [2.75, 3.05) is 31.1 Å². The number of anilines is 1. The van der Waals surface area contributed by atoms with Gasteiger partial charge in [0.1, 0.15) is 22.7 Å². The van der Waals surface area contributed by atoms with Gasteiger partial charge in [0.15, 0.2) is 0 Å². The summed E-state index contributed by atoms with van der Waals surface area (Å²) < 4.78 is 5.75. The van der Waals surface area contributed by atoms with Crippen LogP contribution >= 0.6 is 0 Å². The summed E-state index contributed by atoms with van der Waals surface area (Å²) in [5.41, 5.74) is 3.50. The fourth-order valence-corrected chi connectivity index (χ4v) is 5.00.